The van der Waals surface area contributed by atoms with Gasteiger partial charge in [-0.2, -0.15) is 0 Å². The SMILES string of the molecule is C/C=C(\C)OCCSCc1nnc(-c2ccc(CN(CCN(C)C)Cc3ccccc3)cc2)o1. The average molecular weight is 481 g/mol. The van der Waals surface area contributed by atoms with Crippen molar-refractivity contribution in [1.82, 2.24) is 20.0 Å². The first-order chi connectivity index (χ1) is 16.5. The first-order valence-corrected chi connectivity index (χ1v) is 12.8. The number of thioether (sulfide) groups is 1. The van der Waals surface area contributed by atoms with E-state index in [4.69, 9.17) is 9.15 Å². The Hall–Kier alpha value is -2.61. The van der Waals surface area contributed by atoms with E-state index in [1.165, 1.54) is 11.1 Å². The zero-order valence-electron chi connectivity index (χ0n) is 20.7. The summed E-state index contributed by atoms with van der Waals surface area (Å²) in [4.78, 5) is 4.71. The van der Waals surface area contributed by atoms with Gasteiger partial charge in [0.2, 0.25) is 11.8 Å². The minimum atomic E-state index is 0.567. The van der Waals surface area contributed by atoms with E-state index in [0.717, 1.165) is 43.3 Å². The molecule has 3 rings (SSSR count). The van der Waals surface area contributed by atoms with Crippen molar-refractivity contribution < 1.29 is 9.15 Å². The predicted octanol–water partition coefficient (Wildman–Crippen LogP) is 5.47. The Bertz CT molecular complexity index is 1000. The number of likely N-dealkylation sites (N-methyl/N-ethyl adjacent to an activating group) is 1. The molecule has 0 spiro atoms. The van der Waals surface area contributed by atoms with Gasteiger partial charge < -0.3 is 14.1 Å². The van der Waals surface area contributed by atoms with Crippen molar-refractivity contribution in [2.45, 2.75) is 32.7 Å². The highest BCUT2D eigenvalue weighted by atomic mass is 32.2. The molecule has 1 aromatic heterocycles. The fraction of sp³-hybridized carbons (Fsp3) is 0.407. The molecule has 0 amide bonds. The third-order valence-corrected chi connectivity index (χ3v) is 6.28. The summed E-state index contributed by atoms with van der Waals surface area (Å²) in [5.41, 5.74) is 3.55. The highest BCUT2D eigenvalue weighted by Crippen LogP contribution is 2.21. The molecule has 0 bridgehead atoms. The Labute approximate surface area is 208 Å². The molecule has 0 saturated carbocycles. The molecule has 7 heteroatoms. The maximum atomic E-state index is 5.87. The maximum absolute atomic E-state index is 5.87. The van der Waals surface area contributed by atoms with Crippen LogP contribution in [0.3, 0.4) is 0 Å². The topological polar surface area (TPSA) is 54.6 Å². The number of hydrogen-bond donors (Lipinski definition) is 0. The van der Waals surface area contributed by atoms with Crippen molar-refractivity contribution >= 4 is 11.8 Å². The Kier molecular flexibility index (Phi) is 10.7. The van der Waals surface area contributed by atoms with Gasteiger partial charge in [0.15, 0.2) is 0 Å². The van der Waals surface area contributed by atoms with Crippen LogP contribution in [0, 0.1) is 0 Å². The monoisotopic (exact) mass is 480 g/mol. The Morgan fingerprint density at radius 1 is 0.971 bits per heavy atom. The van der Waals surface area contributed by atoms with Gasteiger partial charge in [-0.15, -0.1) is 22.0 Å². The number of ether oxygens (including phenoxy) is 1. The molecule has 2 aromatic carbocycles. The van der Waals surface area contributed by atoms with Gasteiger partial charge in [0.05, 0.1) is 18.1 Å². The molecule has 0 atom stereocenters. The molecule has 0 aliphatic carbocycles. The van der Waals surface area contributed by atoms with Crippen LogP contribution in [-0.2, 0) is 23.6 Å². The van der Waals surface area contributed by atoms with E-state index in [9.17, 15) is 0 Å². The number of allylic oxidation sites excluding steroid dienone is 2. The second-order valence-corrected chi connectivity index (χ2v) is 9.60. The van der Waals surface area contributed by atoms with E-state index in [2.05, 4.69) is 88.7 Å². The molecule has 6 nitrogen and oxygen atoms in total. The molecule has 34 heavy (non-hydrogen) atoms. The van der Waals surface area contributed by atoms with Gasteiger partial charge in [-0.3, -0.25) is 4.90 Å². The Balaban J connectivity index is 1.54. The average Bonchev–Trinajstić information content (AvgIpc) is 3.32. The molecule has 0 N–H and O–H groups in total. The predicted molar refractivity (Wildman–Crippen MR) is 140 cm³/mol. The molecule has 1 heterocycles. The van der Waals surface area contributed by atoms with Crippen LogP contribution in [-0.4, -0.2) is 59.5 Å². The van der Waals surface area contributed by atoms with Crippen molar-refractivity contribution in [3.05, 3.63) is 83.5 Å². The van der Waals surface area contributed by atoms with Crippen LogP contribution in [0.1, 0.15) is 30.9 Å². The summed E-state index contributed by atoms with van der Waals surface area (Å²) < 4.78 is 11.4. The largest absolute Gasteiger partial charge is 0.498 e. The first-order valence-electron chi connectivity index (χ1n) is 11.7. The third kappa shape index (κ3) is 8.97. The van der Waals surface area contributed by atoms with Crippen molar-refractivity contribution in [3.63, 3.8) is 0 Å². The van der Waals surface area contributed by atoms with Crippen LogP contribution in [0.25, 0.3) is 11.5 Å². The number of benzene rings is 2. The molecule has 0 aliphatic rings. The summed E-state index contributed by atoms with van der Waals surface area (Å²) in [7, 11) is 4.23. The van der Waals surface area contributed by atoms with E-state index in [0.29, 0.717) is 24.1 Å². The zero-order valence-corrected chi connectivity index (χ0v) is 21.6. The lowest BCUT2D eigenvalue weighted by molar-refractivity contribution is 0.226. The van der Waals surface area contributed by atoms with Crippen molar-refractivity contribution in [3.8, 4) is 11.5 Å². The summed E-state index contributed by atoms with van der Waals surface area (Å²) in [5.74, 6) is 3.72. The van der Waals surface area contributed by atoms with Crippen LogP contribution in [0.4, 0.5) is 0 Å². The van der Waals surface area contributed by atoms with Gasteiger partial charge in [0, 0.05) is 37.5 Å². The van der Waals surface area contributed by atoms with E-state index in [1.54, 1.807) is 11.8 Å². The van der Waals surface area contributed by atoms with Crippen molar-refractivity contribution in [2.24, 2.45) is 0 Å². The highest BCUT2D eigenvalue weighted by Gasteiger charge is 2.11. The van der Waals surface area contributed by atoms with E-state index in [1.807, 2.05) is 19.9 Å². The van der Waals surface area contributed by atoms with Crippen LogP contribution in [0.15, 0.2) is 70.8 Å². The fourth-order valence-corrected chi connectivity index (χ4v) is 3.98. The van der Waals surface area contributed by atoms with Gasteiger partial charge in [-0.05, 0) is 51.2 Å². The third-order valence-electron chi connectivity index (χ3n) is 5.38. The molecule has 182 valence electrons. The number of nitrogens with zero attached hydrogens (tertiary/aromatic N) is 4. The minimum absolute atomic E-state index is 0.567. The van der Waals surface area contributed by atoms with Crippen molar-refractivity contribution in [2.75, 3.05) is 39.5 Å². The molecular formula is C27H36N4O2S. The Morgan fingerprint density at radius 2 is 1.68 bits per heavy atom. The van der Waals surface area contributed by atoms with Crippen molar-refractivity contribution in [1.29, 1.82) is 0 Å². The standard InChI is InChI=1S/C27H36N4O2S/c1-5-22(2)32-17-18-34-21-26-28-29-27(33-26)25-13-11-24(12-14-25)20-31(16-15-30(3)4)19-23-9-7-6-8-10-23/h5-14H,15-21H2,1-4H3/b22-5+. The van der Waals surface area contributed by atoms with E-state index < -0.39 is 0 Å². The first kappa shape index (κ1) is 26.0. The highest BCUT2D eigenvalue weighted by molar-refractivity contribution is 7.98. The van der Waals surface area contributed by atoms with Crippen LogP contribution in [0.2, 0.25) is 0 Å². The Morgan fingerprint density at radius 3 is 2.35 bits per heavy atom. The summed E-state index contributed by atoms with van der Waals surface area (Å²) >= 11 is 1.73. The van der Waals surface area contributed by atoms with Crippen LogP contribution >= 0.6 is 11.8 Å². The lowest BCUT2D eigenvalue weighted by Gasteiger charge is -2.24. The molecular weight excluding hydrogens is 444 g/mol. The second kappa shape index (κ2) is 13.9. The maximum Gasteiger partial charge on any atom is 0.247 e. The van der Waals surface area contributed by atoms with Gasteiger partial charge >= 0.3 is 0 Å². The molecule has 0 fully saturated rings. The summed E-state index contributed by atoms with van der Waals surface area (Å²) in [6.07, 6.45) is 1.96. The lowest BCUT2D eigenvalue weighted by Crippen LogP contribution is -2.31. The molecule has 0 saturated heterocycles. The summed E-state index contributed by atoms with van der Waals surface area (Å²) in [6.45, 7) is 8.47. The van der Waals surface area contributed by atoms with Gasteiger partial charge in [0.25, 0.3) is 0 Å². The van der Waals surface area contributed by atoms with E-state index in [-0.39, 0.29) is 0 Å². The van der Waals surface area contributed by atoms with Crippen LogP contribution < -0.4 is 0 Å². The summed E-state index contributed by atoms with van der Waals surface area (Å²) in [5, 5.41) is 8.43. The normalized spacial score (nSPS) is 12.0. The van der Waals surface area contributed by atoms with Gasteiger partial charge in [0.1, 0.15) is 0 Å². The quantitative estimate of drug-likeness (QED) is 0.224. The molecule has 0 aliphatic heterocycles. The molecule has 0 unspecified atom stereocenters. The number of aromatic nitrogens is 2. The number of rotatable bonds is 14. The van der Waals surface area contributed by atoms with Gasteiger partial charge in [-0.25, -0.2) is 0 Å². The number of hydrogen-bond acceptors (Lipinski definition) is 7. The van der Waals surface area contributed by atoms with Crippen LogP contribution in [0.5, 0.6) is 0 Å². The minimum Gasteiger partial charge on any atom is -0.498 e. The van der Waals surface area contributed by atoms with Gasteiger partial charge in [-0.1, -0.05) is 48.5 Å². The molecule has 3 aromatic rings. The zero-order chi connectivity index (χ0) is 24.2. The molecule has 0 radical (unpaired) electrons. The lowest BCUT2D eigenvalue weighted by atomic mass is 10.1. The summed E-state index contributed by atoms with van der Waals surface area (Å²) in [6, 6.07) is 19.1. The van der Waals surface area contributed by atoms with E-state index >= 15 is 0 Å². The smallest absolute Gasteiger partial charge is 0.247 e. The fourth-order valence-electron chi connectivity index (χ4n) is 3.34. The second-order valence-electron chi connectivity index (χ2n) is 8.50.